The van der Waals surface area contributed by atoms with Crippen LogP contribution in [0.15, 0.2) is 42.5 Å². The molecule has 0 unspecified atom stereocenters. The lowest BCUT2D eigenvalue weighted by atomic mass is 10.1. The van der Waals surface area contributed by atoms with Crippen molar-refractivity contribution in [2.75, 3.05) is 18.5 Å². The molecule has 1 fully saturated rings. The van der Waals surface area contributed by atoms with Gasteiger partial charge in [-0.15, -0.1) is 0 Å². The first-order valence-electron chi connectivity index (χ1n) is 9.02. The first-order chi connectivity index (χ1) is 13.4. The number of benzene rings is 2. The Kier molecular flexibility index (Phi) is 6.03. The van der Waals surface area contributed by atoms with Crippen LogP contribution in [0.3, 0.4) is 0 Å². The van der Waals surface area contributed by atoms with Gasteiger partial charge in [0.05, 0.1) is 5.56 Å². The minimum absolute atomic E-state index is 0.142. The lowest BCUT2D eigenvalue weighted by Gasteiger charge is -2.15. The van der Waals surface area contributed by atoms with Gasteiger partial charge in [-0.25, -0.2) is 9.18 Å². The van der Waals surface area contributed by atoms with Crippen LogP contribution < -0.4 is 5.32 Å². The van der Waals surface area contributed by atoms with E-state index in [-0.39, 0.29) is 5.91 Å². The van der Waals surface area contributed by atoms with Crippen LogP contribution in [0.1, 0.15) is 34.3 Å². The number of rotatable bonds is 6. The van der Waals surface area contributed by atoms with Crippen molar-refractivity contribution in [3.05, 3.63) is 65.0 Å². The van der Waals surface area contributed by atoms with Gasteiger partial charge < -0.3 is 15.0 Å². The second-order valence-corrected chi connectivity index (χ2v) is 6.70. The van der Waals surface area contributed by atoms with Crippen molar-refractivity contribution in [2.45, 2.75) is 26.3 Å². The molecule has 2 aromatic rings. The Labute approximate surface area is 162 Å². The number of hydrogen-bond acceptors (Lipinski definition) is 4. The summed E-state index contributed by atoms with van der Waals surface area (Å²) in [7, 11) is 0. The number of esters is 1. The number of likely N-dealkylation sites (tertiary alicyclic amines) is 1. The standard InChI is InChI=1S/C21H21FN2O4/c1-14-4-9-17(22)11-18(14)23-19(25)13-28-21(27)16-7-5-15(6-8-16)12-24-10-2-3-20(24)26/h4-9,11H,2-3,10,12-13H2,1H3,(H,23,25). The summed E-state index contributed by atoms with van der Waals surface area (Å²) in [4.78, 5) is 37.5. The maximum Gasteiger partial charge on any atom is 0.338 e. The molecule has 146 valence electrons. The number of amides is 2. The van der Waals surface area contributed by atoms with Crippen LogP contribution in [0.5, 0.6) is 0 Å². The van der Waals surface area contributed by atoms with Crippen molar-refractivity contribution in [3.8, 4) is 0 Å². The minimum Gasteiger partial charge on any atom is -0.452 e. The SMILES string of the molecule is Cc1ccc(F)cc1NC(=O)COC(=O)c1ccc(CN2CCCC2=O)cc1. The zero-order valence-corrected chi connectivity index (χ0v) is 15.5. The average molecular weight is 384 g/mol. The molecule has 1 heterocycles. The quantitative estimate of drug-likeness (QED) is 0.777. The Balaban J connectivity index is 1.51. The van der Waals surface area contributed by atoms with Gasteiger partial charge in [0.1, 0.15) is 5.82 Å². The topological polar surface area (TPSA) is 75.7 Å². The third kappa shape index (κ3) is 4.94. The molecule has 2 amide bonds. The van der Waals surface area contributed by atoms with E-state index in [9.17, 15) is 18.8 Å². The molecule has 1 N–H and O–H groups in total. The van der Waals surface area contributed by atoms with E-state index in [1.54, 1.807) is 42.2 Å². The van der Waals surface area contributed by atoms with E-state index in [0.29, 0.717) is 29.8 Å². The number of nitrogens with one attached hydrogen (secondary N) is 1. The molecule has 0 bridgehead atoms. The third-order valence-electron chi connectivity index (χ3n) is 4.54. The van der Waals surface area contributed by atoms with Crippen LogP contribution in [-0.2, 0) is 20.9 Å². The highest BCUT2D eigenvalue weighted by atomic mass is 19.1. The van der Waals surface area contributed by atoms with Crippen molar-refractivity contribution >= 4 is 23.5 Å². The smallest absolute Gasteiger partial charge is 0.338 e. The Hall–Kier alpha value is -3.22. The average Bonchev–Trinajstić information content (AvgIpc) is 3.08. The summed E-state index contributed by atoms with van der Waals surface area (Å²) in [6, 6.07) is 10.8. The monoisotopic (exact) mass is 384 g/mol. The van der Waals surface area contributed by atoms with Gasteiger partial charge in [-0.05, 0) is 48.7 Å². The summed E-state index contributed by atoms with van der Waals surface area (Å²) in [5.41, 5.74) is 2.27. The molecule has 0 aliphatic carbocycles. The number of anilines is 1. The van der Waals surface area contributed by atoms with Gasteiger partial charge in [0.25, 0.3) is 5.91 Å². The molecule has 2 aromatic carbocycles. The molecule has 1 aliphatic heterocycles. The molecule has 0 spiro atoms. The summed E-state index contributed by atoms with van der Waals surface area (Å²) in [5, 5.41) is 2.52. The highest BCUT2D eigenvalue weighted by Crippen LogP contribution is 2.17. The van der Waals surface area contributed by atoms with E-state index in [2.05, 4.69) is 5.32 Å². The molecule has 1 saturated heterocycles. The van der Waals surface area contributed by atoms with E-state index < -0.39 is 24.3 Å². The Morgan fingerprint density at radius 3 is 2.61 bits per heavy atom. The zero-order chi connectivity index (χ0) is 20.1. The molecule has 7 heteroatoms. The molecule has 28 heavy (non-hydrogen) atoms. The Morgan fingerprint density at radius 1 is 1.18 bits per heavy atom. The Morgan fingerprint density at radius 2 is 1.93 bits per heavy atom. The first-order valence-corrected chi connectivity index (χ1v) is 9.02. The van der Waals surface area contributed by atoms with Gasteiger partial charge in [0.15, 0.2) is 6.61 Å². The second-order valence-electron chi connectivity index (χ2n) is 6.70. The highest BCUT2D eigenvalue weighted by Gasteiger charge is 2.20. The van der Waals surface area contributed by atoms with Crippen LogP contribution in [0.4, 0.5) is 10.1 Å². The van der Waals surface area contributed by atoms with Gasteiger partial charge >= 0.3 is 5.97 Å². The lowest BCUT2D eigenvalue weighted by molar-refractivity contribution is -0.128. The van der Waals surface area contributed by atoms with Crippen LogP contribution in [0.2, 0.25) is 0 Å². The van der Waals surface area contributed by atoms with E-state index in [4.69, 9.17) is 4.74 Å². The lowest BCUT2D eigenvalue weighted by Crippen LogP contribution is -2.24. The number of carbonyl (C=O) groups is 3. The fraction of sp³-hybridized carbons (Fsp3) is 0.286. The van der Waals surface area contributed by atoms with E-state index >= 15 is 0 Å². The maximum absolute atomic E-state index is 13.3. The fourth-order valence-electron chi connectivity index (χ4n) is 2.97. The minimum atomic E-state index is -0.630. The fourth-order valence-corrected chi connectivity index (χ4v) is 2.97. The third-order valence-corrected chi connectivity index (χ3v) is 4.54. The van der Waals surface area contributed by atoms with Gasteiger partial charge in [-0.3, -0.25) is 9.59 Å². The number of nitrogens with zero attached hydrogens (tertiary/aromatic N) is 1. The predicted octanol–water partition coefficient (Wildman–Crippen LogP) is 3.05. The largest absolute Gasteiger partial charge is 0.452 e. The van der Waals surface area contributed by atoms with Gasteiger partial charge in [0.2, 0.25) is 5.91 Å². The normalized spacial score (nSPS) is 13.5. The van der Waals surface area contributed by atoms with Gasteiger partial charge in [-0.2, -0.15) is 0 Å². The number of aryl methyl sites for hydroxylation is 1. The molecule has 0 radical (unpaired) electrons. The van der Waals surface area contributed by atoms with Gasteiger partial charge in [0, 0.05) is 25.2 Å². The van der Waals surface area contributed by atoms with Gasteiger partial charge in [-0.1, -0.05) is 18.2 Å². The van der Waals surface area contributed by atoms with Crippen LogP contribution in [-0.4, -0.2) is 35.8 Å². The van der Waals surface area contributed by atoms with Crippen LogP contribution in [0, 0.1) is 12.7 Å². The van der Waals surface area contributed by atoms with Crippen LogP contribution in [0.25, 0.3) is 0 Å². The van der Waals surface area contributed by atoms with Crippen molar-refractivity contribution in [1.82, 2.24) is 4.90 Å². The van der Waals surface area contributed by atoms with Crippen LogP contribution >= 0.6 is 0 Å². The van der Waals surface area contributed by atoms with Crippen molar-refractivity contribution in [3.63, 3.8) is 0 Å². The molecule has 0 saturated carbocycles. The summed E-state index contributed by atoms with van der Waals surface area (Å²) < 4.78 is 18.3. The second kappa shape index (κ2) is 8.65. The summed E-state index contributed by atoms with van der Waals surface area (Å²) in [6.07, 6.45) is 1.46. The zero-order valence-electron chi connectivity index (χ0n) is 15.5. The molecule has 0 atom stereocenters. The predicted molar refractivity (Wildman–Crippen MR) is 101 cm³/mol. The summed E-state index contributed by atoms with van der Waals surface area (Å²) in [5.74, 6) is -1.50. The molecule has 6 nitrogen and oxygen atoms in total. The van der Waals surface area contributed by atoms with E-state index in [0.717, 1.165) is 18.5 Å². The maximum atomic E-state index is 13.3. The van der Waals surface area contributed by atoms with Crippen molar-refractivity contribution in [2.24, 2.45) is 0 Å². The molecular formula is C21H21FN2O4. The van der Waals surface area contributed by atoms with E-state index in [1.807, 2.05) is 0 Å². The highest BCUT2D eigenvalue weighted by molar-refractivity contribution is 5.95. The molecule has 1 aliphatic rings. The number of carbonyl (C=O) groups excluding carboxylic acids is 3. The Bertz CT molecular complexity index is 896. The molecule has 0 aromatic heterocycles. The summed E-state index contributed by atoms with van der Waals surface area (Å²) in [6.45, 7) is 2.53. The van der Waals surface area contributed by atoms with E-state index in [1.165, 1.54) is 12.1 Å². The number of ether oxygens (including phenoxy) is 1. The number of halogens is 1. The first kappa shape index (κ1) is 19.5. The van der Waals surface area contributed by atoms with Crippen molar-refractivity contribution in [1.29, 1.82) is 0 Å². The van der Waals surface area contributed by atoms with Crippen molar-refractivity contribution < 1.29 is 23.5 Å². The molecule has 3 rings (SSSR count). The summed E-state index contributed by atoms with van der Waals surface area (Å²) >= 11 is 0. The number of hydrogen-bond donors (Lipinski definition) is 1. The molecular weight excluding hydrogens is 363 g/mol.